The van der Waals surface area contributed by atoms with Gasteiger partial charge in [0.1, 0.15) is 0 Å². The number of hydrogen-bond acceptors (Lipinski definition) is 2. The van der Waals surface area contributed by atoms with Crippen LogP contribution in [0, 0.1) is 5.82 Å². The smallest absolute Gasteiger partial charge is 0.154 e. The summed E-state index contributed by atoms with van der Waals surface area (Å²) in [4.78, 5) is 6.07. The molecule has 1 aliphatic rings. The lowest BCUT2D eigenvalue weighted by Gasteiger charge is -2.18. The quantitative estimate of drug-likeness (QED) is 0.774. The minimum atomic E-state index is -0.140. The molecule has 1 aromatic carbocycles. The zero-order chi connectivity index (χ0) is 13.6. The van der Waals surface area contributed by atoms with Crippen molar-refractivity contribution in [3.8, 4) is 11.1 Å². The lowest BCUT2D eigenvalue weighted by atomic mass is 9.86. The number of rotatable bonds is 1. The summed E-state index contributed by atoms with van der Waals surface area (Å²) in [6.07, 6.45) is 3.40. The normalized spacial score (nSPS) is 16.5. The van der Waals surface area contributed by atoms with E-state index in [-0.39, 0.29) is 11.2 Å². The second kappa shape index (κ2) is 4.05. The van der Waals surface area contributed by atoms with Crippen molar-refractivity contribution in [2.24, 2.45) is 0 Å². The van der Waals surface area contributed by atoms with Gasteiger partial charge in [0.2, 0.25) is 0 Å². The van der Waals surface area contributed by atoms with Crippen LogP contribution in [0.15, 0.2) is 36.7 Å². The van der Waals surface area contributed by atoms with E-state index in [2.05, 4.69) is 18.8 Å². The van der Waals surface area contributed by atoms with Crippen LogP contribution in [0.3, 0.4) is 0 Å². The molecule has 2 aromatic rings. The number of fused-ring (bicyclic) bond motifs is 1. The van der Waals surface area contributed by atoms with Crippen LogP contribution in [0.2, 0.25) is 0 Å². The molecule has 3 rings (SSSR count). The van der Waals surface area contributed by atoms with Crippen molar-refractivity contribution in [1.82, 2.24) is 4.98 Å². The van der Waals surface area contributed by atoms with E-state index in [0.717, 1.165) is 23.4 Å². The predicted molar refractivity (Wildman–Crippen MR) is 75.9 cm³/mol. The standard InChI is InChI=1S/C16H17FN2/c1-16(2)10-19(3)15-13(16)7-6-12(14(15)17)11-5-4-8-18-9-11/h4-9H,10H2,1-3H3. The largest absolute Gasteiger partial charge is 0.371 e. The summed E-state index contributed by atoms with van der Waals surface area (Å²) in [6.45, 7) is 5.15. The molecular formula is C16H17FN2. The second-order valence-electron chi connectivity index (χ2n) is 5.80. The summed E-state index contributed by atoms with van der Waals surface area (Å²) in [6, 6.07) is 7.63. The molecule has 98 valence electrons. The summed E-state index contributed by atoms with van der Waals surface area (Å²) >= 11 is 0. The van der Waals surface area contributed by atoms with Crippen LogP contribution in [0.5, 0.6) is 0 Å². The molecule has 0 amide bonds. The molecule has 0 bridgehead atoms. The van der Waals surface area contributed by atoms with Gasteiger partial charge in [-0.3, -0.25) is 4.98 Å². The van der Waals surface area contributed by atoms with Gasteiger partial charge >= 0.3 is 0 Å². The number of hydrogen-bond donors (Lipinski definition) is 0. The molecule has 2 heterocycles. The Hall–Kier alpha value is -1.90. The summed E-state index contributed by atoms with van der Waals surface area (Å²) in [7, 11) is 1.95. The molecule has 0 atom stereocenters. The molecule has 1 aliphatic heterocycles. The van der Waals surface area contributed by atoms with E-state index in [1.807, 2.05) is 36.2 Å². The van der Waals surface area contributed by atoms with Gasteiger partial charge in [-0.25, -0.2) is 4.39 Å². The molecule has 0 fully saturated rings. The van der Waals surface area contributed by atoms with E-state index in [1.54, 1.807) is 12.4 Å². The monoisotopic (exact) mass is 256 g/mol. The first-order valence-electron chi connectivity index (χ1n) is 6.45. The van der Waals surface area contributed by atoms with Crippen molar-refractivity contribution in [3.05, 3.63) is 48.0 Å². The first kappa shape index (κ1) is 12.2. The molecule has 0 unspecified atom stereocenters. The molecule has 0 saturated carbocycles. The fourth-order valence-corrected chi connectivity index (χ4v) is 2.99. The number of pyridine rings is 1. The molecule has 0 spiro atoms. The van der Waals surface area contributed by atoms with E-state index in [1.165, 1.54) is 0 Å². The lowest BCUT2D eigenvalue weighted by Crippen LogP contribution is -2.25. The fourth-order valence-electron chi connectivity index (χ4n) is 2.99. The van der Waals surface area contributed by atoms with Crippen molar-refractivity contribution in [2.75, 3.05) is 18.5 Å². The SMILES string of the molecule is CN1CC(C)(C)c2ccc(-c3cccnc3)c(F)c21. The Morgan fingerprint density at radius 3 is 2.74 bits per heavy atom. The van der Waals surface area contributed by atoms with Crippen LogP contribution in [-0.4, -0.2) is 18.6 Å². The van der Waals surface area contributed by atoms with Crippen molar-refractivity contribution < 1.29 is 4.39 Å². The van der Waals surface area contributed by atoms with Crippen molar-refractivity contribution >= 4 is 5.69 Å². The maximum atomic E-state index is 14.8. The number of likely N-dealkylation sites (N-methyl/N-ethyl adjacent to an activating group) is 1. The van der Waals surface area contributed by atoms with Crippen LogP contribution in [-0.2, 0) is 5.41 Å². The maximum absolute atomic E-state index is 14.8. The minimum absolute atomic E-state index is 0.00160. The third-order valence-electron chi connectivity index (χ3n) is 3.83. The average molecular weight is 256 g/mol. The highest BCUT2D eigenvalue weighted by molar-refractivity contribution is 5.74. The zero-order valence-corrected chi connectivity index (χ0v) is 11.4. The van der Waals surface area contributed by atoms with E-state index < -0.39 is 0 Å². The third-order valence-corrected chi connectivity index (χ3v) is 3.83. The molecule has 19 heavy (non-hydrogen) atoms. The molecule has 0 radical (unpaired) electrons. The van der Waals surface area contributed by atoms with Gasteiger partial charge in [-0.2, -0.15) is 0 Å². The summed E-state index contributed by atoms with van der Waals surface area (Å²) in [5, 5.41) is 0. The lowest BCUT2D eigenvalue weighted by molar-refractivity contribution is 0.563. The Labute approximate surface area is 112 Å². The van der Waals surface area contributed by atoms with Crippen LogP contribution < -0.4 is 4.90 Å². The van der Waals surface area contributed by atoms with Gasteiger partial charge in [0.05, 0.1) is 5.69 Å². The average Bonchev–Trinajstić information content (AvgIpc) is 2.61. The van der Waals surface area contributed by atoms with E-state index in [4.69, 9.17) is 0 Å². The van der Waals surface area contributed by atoms with Gasteiger partial charge < -0.3 is 4.90 Å². The molecular weight excluding hydrogens is 239 g/mol. The van der Waals surface area contributed by atoms with Crippen molar-refractivity contribution in [2.45, 2.75) is 19.3 Å². The molecule has 2 nitrogen and oxygen atoms in total. The zero-order valence-electron chi connectivity index (χ0n) is 11.4. The topological polar surface area (TPSA) is 16.1 Å². The summed E-state index contributed by atoms with van der Waals surface area (Å²) < 4.78 is 14.8. The van der Waals surface area contributed by atoms with E-state index in [9.17, 15) is 4.39 Å². The maximum Gasteiger partial charge on any atom is 0.154 e. The van der Waals surface area contributed by atoms with Gasteiger partial charge in [-0.05, 0) is 11.6 Å². The Balaban J connectivity index is 2.20. The first-order valence-corrected chi connectivity index (χ1v) is 6.45. The van der Waals surface area contributed by atoms with Gasteiger partial charge in [0.25, 0.3) is 0 Å². The Morgan fingerprint density at radius 1 is 1.26 bits per heavy atom. The van der Waals surface area contributed by atoms with Crippen LogP contribution >= 0.6 is 0 Å². The highest BCUT2D eigenvalue weighted by atomic mass is 19.1. The van der Waals surface area contributed by atoms with Crippen molar-refractivity contribution in [3.63, 3.8) is 0 Å². The second-order valence-corrected chi connectivity index (χ2v) is 5.80. The first-order chi connectivity index (χ1) is 9.00. The number of benzene rings is 1. The van der Waals surface area contributed by atoms with Crippen molar-refractivity contribution in [1.29, 1.82) is 0 Å². The molecule has 1 aromatic heterocycles. The van der Waals surface area contributed by atoms with Gasteiger partial charge in [-0.1, -0.05) is 32.0 Å². The Kier molecular flexibility index (Phi) is 2.59. The minimum Gasteiger partial charge on any atom is -0.371 e. The fraction of sp³-hybridized carbons (Fsp3) is 0.312. The van der Waals surface area contributed by atoms with Gasteiger partial charge in [-0.15, -0.1) is 0 Å². The van der Waals surface area contributed by atoms with E-state index >= 15 is 0 Å². The van der Waals surface area contributed by atoms with Crippen LogP contribution in [0.1, 0.15) is 19.4 Å². The third kappa shape index (κ3) is 1.81. The number of aromatic nitrogens is 1. The predicted octanol–water partition coefficient (Wildman–Crippen LogP) is 3.62. The number of anilines is 1. The highest BCUT2D eigenvalue weighted by Crippen LogP contribution is 2.43. The molecule has 0 saturated heterocycles. The molecule has 0 N–H and O–H groups in total. The van der Waals surface area contributed by atoms with Gasteiger partial charge in [0.15, 0.2) is 5.82 Å². The van der Waals surface area contributed by atoms with E-state index in [0.29, 0.717) is 5.56 Å². The molecule has 0 aliphatic carbocycles. The number of halogens is 1. The van der Waals surface area contributed by atoms with Crippen LogP contribution in [0.4, 0.5) is 10.1 Å². The Bertz CT molecular complexity index is 620. The molecule has 3 heteroatoms. The van der Waals surface area contributed by atoms with Crippen LogP contribution in [0.25, 0.3) is 11.1 Å². The Morgan fingerprint density at radius 2 is 2.05 bits per heavy atom. The van der Waals surface area contributed by atoms with Gasteiger partial charge in [0, 0.05) is 42.5 Å². The number of nitrogens with zero attached hydrogens (tertiary/aromatic N) is 2. The highest BCUT2D eigenvalue weighted by Gasteiger charge is 2.36. The summed E-state index contributed by atoms with van der Waals surface area (Å²) in [5.41, 5.74) is 3.25. The summed E-state index contributed by atoms with van der Waals surface area (Å²) in [5.74, 6) is -0.140.